The molecule has 0 radical (unpaired) electrons. The van der Waals surface area contributed by atoms with Crippen LogP contribution in [0.3, 0.4) is 0 Å². The van der Waals surface area contributed by atoms with Crippen molar-refractivity contribution < 1.29 is 4.74 Å². The predicted molar refractivity (Wildman–Crippen MR) is 83.6 cm³/mol. The summed E-state index contributed by atoms with van der Waals surface area (Å²) < 4.78 is 5.50. The number of hydrogen-bond acceptors (Lipinski definition) is 4. The highest BCUT2D eigenvalue weighted by Gasteiger charge is 2.19. The summed E-state index contributed by atoms with van der Waals surface area (Å²) in [7, 11) is 1.72. The predicted octanol–water partition coefficient (Wildman–Crippen LogP) is 2.61. The number of hydrogen-bond donors (Lipinski definition) is 1. The smallest absolute Gasteiger partial charge is 0.160 e. The average molecular weight is 277 g/mol. The van der Waals surface area contributed by atoms with Gasteiger partial charge in [0.05, 0.1) is 19.0 Å². The van der Waals surface area contributed by atoms with E-state index >= 15 is 0 Å². The second kappa shape index (κ2) is 7.48. The number of pyridine rings is 1. The third-order valence-corrected chi connectivity index (χ3v) is 3.92. The zero-order valence-electron chi connectivity index (χ0n) is 13.0. The molecule has 112 valence electrons. The number of aryl methyl sites for hydroxylation is 1. The van der Waals surface area contributed by atoms with E-state index in [-0.39, 0.29) is 0 Å². The largest absolute Gasteiger partial charge is 0.493 e. The zero-order valence-corrected chi connectivity index (χ0v) is 13.0. The highest BCUT2D eigenvalue weighted by atomic mass is 16.5. The van der Waals surface area contributed by atoms with Crippen molar-refractivity contribution in [1.82, 2.24) is 10.3 Å². The SMILES string of the molecule is CCCN(CC1CCCNC1)c1cc(C)ncc1OC. The van der Waals surface area contributed by atoms with Crippen molar-refractivity contribution in [1.29, 1.82) is 0 Å². The van der Waals surface area contributed by atoms with Gasteiger partial charge < -0.3 is 15.0 Å². The van der Waals surface area contributed by atoms with E-state index in [1.807, 2.05) is 13.1 Å². The topological polar surface area (TPSA) is 37.4 Å². The molecule has 1 saturated heterocycles. The van der Waals surface area contributed by atoms with Crippen LogP contribution in [0.25, 0.3) is 0 Å². The standard InChI is InChI=1S/C16H27N3O/c1-4-8-19(12-14-6-5-7-17-10-14)15-9-13(2)18-11-16(15)20-3/h9,11,14,17H,4-8,10,12H2,1-3H3. The molecule has 4 nitrogen and oxygen atoms in total. The molecule has 0 amide bonds. The van der Waals surface area contributed by atoms with Crippen LogP contribution in [-0.4, -0.2) is 38.3 Å². The van der Waals surface area contributed by atoms with Crippen molar-refractivity contribution in [2.45, 2.75) is 33.1 Å². The monoisotopic (exact) mass is 277 g/mol. The molecule has 1 aliphatic heterocycles. The molecular formula is C16H27N3O. The van der Waals surface area contributed by atoms with Crippen LogP contribution in [0.4, 0.5) is 5.69 Å². The maximum atomic E-state index is 5.50. The molecule has 1 N–H and O–H groups in total. The second-order valence-corrected chi connectivity index (χ2v) is 5.66. The maximum absolute atomic E-state index is 5.50. The third kappa shape index (κ3) is 3.85. The van der Waals surface area contributed by atoms with Gasteiger partial charge >= 0.3 is 0 Å². The van der Waals surface area contributed by atoms with Gasteiger partial charge in [0.15, 0.2) is 5.75 Å². The summed E-state index contributed by atoms with van der Waals surface area (Å²) >= 11 is 0. The number of nitrogens with zero attached hydrogens (tertiary/aromatic N) is 2. The Labute approximate surface area is 122 Å². The molecule has 4 heteroatoms. The number of nitrogens with one attached hydrogen (secondary N) is 1. The molecule has 2 heterocycles. The Hall–Kier alpha value is -1.29. The lowest BCUT2D eigenvalue weighted by Gasteiger charge is -2.32. The number of methoxy groups -OCH3 is 1. The summed E-state index contributed by atoms with van der Waals surface area (Å²) in [6.07, 6.45) is 5.59. The van der Waals surface area contributed by atoms with Crippen LogP contribution in [-0.2, 0) is 0 Å². The van der Waals surface area contributed by atoms with E-state index in [0.29, 0.717) is 0 Å². The Bertz CT molecular complexity index is 416. The Balaban J connectivity index is 2.16. The first-order valence-corrected chi connectivity index (χ1v) is 7.71. The first-order valence-electron chi connectivity index (χ1n) is 7.71. The van der Waals surface area contributed by atoms with Gasteiger partial charge in [0.1, 0.15) is 0 Å². The van der Waals surface area contributed by atoms with Gasteiger partial charge in [-0.25, -0.2) is 0 Å². The molecule has 0 aromatic carbocycles. The van der Waals surface area contributed by atoms with Gasteiger partial charge in [0.25, 0.3) is 0 Å². The van der Waals surface area contributed by atoms with Gasteiger partial charge in [-0.1, -0.05) is 6.92 Å². The number of ether oxygens (including phenoxy) is 1. The number of aromatic nitrogens is 1. The van der Waals surface area contributed by atoms with Crippen molar-refractivity contribution in [3.63, 3.8) is 0 Å². The first-order chi connectivity index (χ1) is 9.74. The molecule has 1 fully saturated rings. The molecule has 20 heavy (non-hydrogen) atoms. The average Bonchev–Trinajstić information content (AvgIpc) is 2.48. The minimum Gasteiger partial charge on any atom is -0.493 e. The van der Waals surface area contributed by atoms with Crippen molar-refractivity contribution in [2.24, 2.45) is 5.92 Å². The summed E-state index contributed by atoms with van der Waals surface area (Å²) in [5.74, 6) is 1.61. The second-order valence-electron chi connectivity index (χ2n) is 5.66. The fourth-order valence-corrected chi connectivity index (χ4v) is 2.91. The van der Waals surface area contributed by atoms with E-state index in [9.17, 15) is 0 Å². The molecule has 1 aliphatic rings. The maximum Gasteiger partial charge on any atom is 0.160 e. The Morgan fingerprint density at radius 3 is 3.00 bits per heavy atom. The van der Waals surface area contributed by atoms with Crippen molar-refractivity contribution >= 4 is 5.69 Å². The number of anilines is 1. The fraction of sp³-hybridized carbons (Fsp3) is 0.688. The molecule has 1 aromatic heterocycles. The van der Waals surface area contributed by atoms with E-state index in [1.54, 1.807) is 7.11 Å². The van der Waals surface area contributed by atoms with Crippen molar-refractivity contribution in [2.75, 3.05) is 38.2 Å². The van der Waals surface area contributed by atoms with Crippen LogP contribution in [0, 0.1) is 12.8 Å². The van der Waals surface area contributed by atoms with E-state index < -0.39 is 0 Å². The van der Waals surface area contributed by atoms with Crippen LogP contribution in [0.1, 0.15) is 31.9 Å². The molecular weight excluding hydrogens is 250 g/mol. The lowest BCUT2D eigenvalue weighted by Crippen LogP contribution is -2.38. The van der Waals surface area contributed by atoms with Crippen LogP contribution in [0.15, 0.2) is 12.3 Å². The minimum absolute atomic E-state index is 0.730. The third-order valence-electron chi connectivity index (χ3n) is 3.92. The minimum atomic E-state index is 0.730. The van der Waals surface area contributed by atoms with E-state index in [2.05, 4.69) is 28.2 Å². The Morgan fingerprint density at radius 2 is 2.35 bits per heavy atom. The van der Waals surface area contributed by atoms with Crippen LogP contribution < -0.4 is 15.0 Å². The van der Waals surface area contributed by atoms with Gasteiger partial charge in [-0.2, -0.15) is 0 Å². The van der Waals surface area contributed by atoms with Crippen LogP contribution in [0.2, 0.25) is 0 Å². The van der Waals surface area contributed by atoms with E-state index in [4.69, 9.17) is 4.74 Å². The van der Waals surface area contributed by atoms with E-state index in [0.717, 1.165) is 43.4 Å². The van der Waals surface area contributed by atoms with Crippen molar-refractivity contribution in [3.05, 3.63) is 18.0 Å². The summed E-state index contributed by atoms with van der Waals surface area (Å²) in [4.78, 5) is 6.80. The quantitative estimate of drug-likeness (QED) is 0.867. The van der Waals surface area contributed by atoms with Crippen LogP contribution >= 0.6 is 0 Å². The highest BCUT2D eigenvalue weighted by Crippen LogP contribution is 2.29. The molecule has 0 bridgehead atoms. The van der Waals surface area contributed by atoms with Gasteiger partial charge in [0, 0.05) is 18.8 Å². The van der Waals surface area contributed by atoms with Gasteiger partial charge in [-0.15, -0.1) is 0 Å². The Kier molecular flexibility index (Phi) is 5.65. The van der Waals surface area contributed by atoms with Crippen LogP contribution in [0.5, 0.6) is 5.75 Å². The lowest BCUT2D eigenvalue weighted by atomic mass is 9.98. The number of rotatable bonds is 6. The van der Waals surface area contributed by atoms with Gasteiger partial charge in [-0.3, -0.25) is 4.98 Å². The fourth-order valence-electron chi connectivity index (χ4n) is 2.91. The van der Waals surface area contributed by atoms with E-state index in [1.165, 1.54) is 25.1 Å². The zero-order chi connectivity index (χ0) is 14.4. The summed E-state index contributed by atoms with van der Waals surface area (Å²) in [5.41, 5.74) is 2.23. The van der Waals surface area contributed by atoms with Gasteiger partial charge in [-0.05, 0) is 51.3 Å². The van der Waals surface area contributed by atoms with Crippen molar-refractivity contribution in [3.8, 4) is 5.75 Å². The van der Waals surface area contributed by atoms with Gasteiger partial charge in [0.2, 0.25) is 0 Å². The normalized spacial score (nSPS) is 18.9. The summed E-state index contributed by atoms with van der Waals surface area (Å²) in [5, 5.41) is 3.50. The summed E-state index contributed by atoms with van der Waals surface area (Å²) in [6, 6.07) is 2.14. The molecule has 0 saturated carbocycles. The number of piperidine rings is 1. The molecule has 1 unspecified atom stereocenters. The molecule has 0 spiro atoms. The molecule has 0 aliphatic carbocycles. The molecule has 1 aromatic rings. The first kappa shape index (κ1) is 15.1. The Morgan fingerprint density at radius 1 is 1.50 bits per heavy atom. The lowest BCUT2D eigenvalue weighted by molar-refractivity contribution is 0.372. The molecule has 1 atom stereocenters. The highest BCUT2D eigenvalue weighted by molar-refractivity contribution is 5.58. The molecule has 2 rings (SSSR count). The summed E-state index contributed by atoms with van der Waals surface area (Å²) in [6.45, 7) is 8.73.